The molecule has 3 unspecified atom stereocenters. The average Bonchev–Trinajstić information content (AvgIpc) is 3.23. The van der Waals surface area contributed by atoms with E-state index in [1.54, 1.807) is 6.92 Å². The van der Waals surface area contributed by atoms with Gasteiger partial charge in [0.2, 0.25) is 5.60 Å². The molecule has 0 bridgehead atoms. The van der Waals surface area contributed by atoms with Gasteiger partial charge in [0.15, 0.2) is 11.5 Å². The summed E-state index contributed by atoms with van der Waals surface area (Å²) in [5.41, 5.74) is 2.22. The molecule has 216 valence electrons. The van der Waals surface area contributed by atoms with Gasteiger partial charge in [0.05, 0.1) is 31.8 Å². The van der Waals surface area contributed by atoms with Crippen molar-refractivity contribution in [2.45, 2.75) is 36.7 Å². The molecule has 0 fully saturated rings. The number of benzene rings is 2. The van der Waals surface area contributed by atoms with Gasteiger partial charge >= 0.3 is 6.18 Å². The Bertz CT molecular complexity index is 1330. The molecule has 2 heterocycles. The van der Waals surface area contributed by atoms with Crippen LogP contribution in [0.1, 0.15) is 29.3 Å². The van der Waals surface area contributed by atoms with E-state index in [0.717, 1.165) is 12.1 Å². The van der Waals surface area contributed by atoms with Crippen LogP contribution >= 0.6 is 0 Å². The Kier molecular flexibility index (Phi) is 8.11. The third-order valence-corrected chi connectivity index (χ3v) is 6.83. The average molecular weight is 568 g/mol. The molecule has 1 amide bonds. The summed E-state index contributed by atoms with van der Waals surface area (Å²) in [4.78, 5) is 17.1. The number of nitrogens with zero attached hydrogens (tertiary/aromatic N) is 1. The maximum absolute atomic E-state index is 14.5. The second kappa shape index (κ2) is 11.1. The maximum atomic E-state index is 14.5. The van der Waals surface area contributed by atoms with E-state index in [9.17, 15) is 27.5 Å². The van der Waals surface area contributed by atoms with Crippen molar-refractivity contribution in [1.29, 1.82) is 0 Å². The van der Waals surface area contributed by atoms with Gasteiger partial charge < -0.3 is 35.5 Å². The minimum absolute atomic E-state index is 0.00219. The molecule has 9 nitrogen and oxygen atoms in total. The van der Waals surface area contributed by atoms with E-state index < -0.39 is 41.6 Å². The van der Waals surface area contributed by atoms with Crippen molar-refractivity contribution in [1.82, 2.24) is 5.32 Å². The van der Waals surface area contributed by atoms with Crippen molar-refractivity contribution in [3.63, 3.8) is 0 Å². The fraction of sp³-hybridized carbons (Fsp3) is 0.407. The maximum Gasteiger partial charge on any atom is 0.421 e. The standard InChI is InChI=1S/C27H29F4N3O6/c1-25(32)14-40-23-18(25)12-21(34-22(23)15-3-6-17(28)7-4-15)26(37,27(29,30)31)13-33-24(36)16-5-8-19(39-10-9-35)20(11-16)38-2/h3-8,11,21,35,37H,9-10,12-14,32H2,1-2H3,(H,33,36). The second-order valence-electron chi connectivity index (χ2n) is 9.76. The predicted molar refractivity (Wildman–Crippen MR) is 136 cm³/mol. The van der Waals surface area contributed by atoms with E-state index in [0.29, 0.717) is 5.57 Å². The zero-order valence-electron chi connectivity index (χ0n) is 21.7. The van der Waals surface area contributed by atoms with Gasteiger partial charge in [0.1, 0.15) is 30.5 Å². The number of aliphatic hydroxyl groups excluding tert-OH is 1. The highest BCUT2D eigenvalue weighted by molar-refractivity contribution is 6.13. The highest BCUT2D eigenvalue weighted by atomic mass is 19.4. The normalized spacial score (nSPS) is 22.1. The molecule has 0 aliphatic carbocycles. The van der Waals surface area contributed by atoms with Crippen LogP contribution in [0.2, 0.25) is 0 Å². The third kappa shape index (κ3) is 5.62. The van der Waals surface area contributed by atoms with Gasteiger partial charge in [-0.25, -0.2) is 4.39 Å². The van der Waals surface area contributed by atoms with Gasteiger partial charge in [-0.2, -0.15) is 13.2 Å². The molecule has 3 atom stereocenters. The monoisotopic (exact) mass is 567 g/mol. The lowest BCUT2D eigenvalue weighted by atomic mass is 9.80. The van der Waals surface area contributed by atoms with E-state index in [-0.39, 0.29) is 60.3 Å². The van der Waals surface area contributed by atoms with Gasteiger partial charge in [0, 0.05) is 11.1 Å². The van der Waals surface area contributed by atoms with E-state index in [1.165, 1.54) is 37.4 Å². The molecule has 0 saturated heterocycles. The Morgan fingerprint density at radius 2 is 1.93 bits per heavy atom. The molecule has 2 aliphatic heterocycles. The first-order valence-electron chi connectivity index (χ1n) is 12.3. The number of amides is 1. The summed E-state index contributed by atoms with van der Waals surface area (Å²) in [6, 6.07) is 7.06. The van der Waals surface area contributed by atoms with Gasteiger partial charge in [-0.1, -0.05) is 0 Å². The van der Waals surface area contributed by atoms with Crippen LogP contribution in [0.15, 0.2) is 58.8 Å². The van der Waals surface area contributed by atoms with Gasteiger partial charge in [0.25, 0.3) is 5.91 Å². The van der Waals surface area contributed by atoms with Crippen molar-refractivity contribution >= 4 is 11.6 Å². The molecule has 4 rings (SSSR count). The largest absolute Gasteiger partial charge is 0.493 e. The molecule has 2 aromatic carbocycles. The van der Waals surface area contributed by atoms with Crippen LogP contribution in [0.25, 0.3) is 0 Å². The molecular formula is C27H29F4N3O6. The summed E-state index contributed by atoms with van der Waals surface area (Å²) in [6.45, 7) is 0.0481. The Labute approximate surface area is 227 Å². The van der Waals surface area contributed by atoms with Crippen LogP contribution in [-0.4, -0.2) is 78.7 Å². The highest BCUT2D eigenvalue weighted by Crippen LogP contribution is 2.44. The van der Waals surface area contributed by atoms with Crippen LogP contribution in [0, 0.1) is 5.82 Å². The number of allylic oxidation sites excluding steroid dienone is 1. The number of halogens is 4. The number of aliphatic hydroxyl groups is 2. The lowest BCUT2D eigenvalue weighted by Gasteiger charge is -2.38. The van der Waals surface area contributed by atoms with Crippen LogP contribution < -0.4 is 20.5 Å². The van der Waals surface area contributed by atoms with E-state index in [4.69, 9.17) is 25.1 Å². The van der Waals surface area contributed by atoms with Crippen molar-refractivity contribution in [3.05, 3.63) is 70.7 Å². The SMILES string of the molecule is COc1cc(C(=O)NCC(O)(C2CC3=C(OCC3(C)N)C(c3ccc(F)cc3)=N2)C(F)(F)F)ccc1OCCO. The Hall–Kier alpha value is -3.68. The number of rotatable bonds is 9. The van der Waals surface area contributed by atoms with Crippen molar-refractivity contribution in [2.24, 2.45) is 10.7 Å². The molecule has 2 aromatic rings. The van der Waals surface area contributed by atoms with E-state index in [2.05, 4.69) is 10.3 Å². The minimum Gasteiger partial charge on any atom is -0.493 e. The Morgan fingerprint density at radius 3 is 2.55 bits per heavy atom. The summed E-state index contributed by atoms with van der Waals surface area (Å²) >= 11 is 0. The Morgan fingerprint density at radius 1 is 1.23 bits per heavy atom. The number of nitrogens with one attached hydrogen (secondary N) is 1. The first-order chi connectivity index (χ1) is 18.8. The fourth-order valence-corrected chi connectivity index (χ4v) is 4.54. The zero-order valence-corrected chi connectivity index (χ0v) is 21.7. The summed E-state index contributed by atoms with van der Waals surface area (Å²) in [5, 5.41) is 22.2. The quantitative estimate of drug-likeness (QED) is 0.342. The summed E-state index contributed by atoms with van der Waals surface area (Å²) in [6.07, 6.45) is -5.60. The number of dihydropyridines is 1. The summed E-state index contributed by atoms with van der Waals surface area (Å²) in [7, 11) is 1.31. The number of hydrogen-bond donors (Lipinski definition) is 4. The molecule has 2 aliphatic rings. The molecule has 13 heteroatoms. The molecule has 40 heavy (non-hydrogen) atoms. The lowest BCUT2D eigenvalue weighted by molar-refractivity contribution is -0.264. The van der Waals surface area contributed by atoms with E-state index in [1.807, 2.05) is 0 Å². The third-order valence-electron chi connectivity index (χ3n) is 6.83. The molecule has 5 N–H and O–H groups in total. The topological polar surface area (TPSA) is 136 Å². The van der Waals surface area contributed by atoms with E-state index >= 15 is 0 Å². The first kappa shape index (κ1) is 29.3. The number of nitrogens with two attached hydrogens (primary N) is 1. The minimum atomic E-state index is -5.22. The van der Waals surface area contributed by atoms with Crippen LogP contribution in [0.5, 0.6) is 11.5 Å². The number of aliphatic imine (C=N–C) groups is 1. The summed E-state index contributed by atoms with van der Waals surface area (Å²) in [5.74, 6) is -0.938. The lowest BCUT2D eigenvalue weighted by Crippen LogP contribution is -2.61. The van der Waals surface area contributed by atoms with Crippen LogP contribution in [0.3, 0.4) is 0 Å². The van der Waals surface area contributed by atoms with Crippen LogP contribution in [0.4, 0.5) is 17.6 Å². The van der Waals surface area contributed by atoms with Crippen LogP contribution in [-0.2, 0) is 4.74 Å². The fourth-order valence-electron chi connectivity index (χ4n) is 4.54. The molecular weight excluding hydrogens is 538 g/mol. The van der Waals surface area contributed by atoms with Gasteiger partial charge in [-0.05, 0) is 61.4 Å². The molecule has 0 saturated carbocycles. The number of ether oxygens (including phenoxy) is 3. The number of methoxy groups -OCH3 is 1. The van der Waals surface area contributed by atoms with Crippen molar-refractivity contribution < 1.29 is 46.8 Å². The molecule has 0 aromatic heterocycles. The number of hydrogen-bond acceptors (Lipinski definition) is 8. The zero-order chi connectivity index (χ0) is 29.3. The molecule has 0 radical (unpaired) electrons. The number of carbonyl (C=O) groups excluding carboxylic acids is 1. The second-order valence-corrected chi connectivity index (χ2v) is 9.76. The number of alkyl halides is 3. The number of carbonyl (C=O) groups is 1. The van der Waals surface area contributed by atoms with Gasteiger partial charge in [-0.3, -0.25) is 9.79 Å². The first-order valence-corrected chi connectivity index (χ1v) is 12.3. The van der Waals surface area contributed by atoms with Crippen molar-refractivity contribution in [2.75, 3.05) is 33.5 Å². The highest BCUT2D eigenvalue weighted by Gasteiger charge is 2.61. The smallest absolute Gasteiger partial charge is 0.421 e. The predicted octanol–water partition coefficient (Wildman–Crippen LogP) is 2.49. The summed E-state index contributed by atoms with van der Waals surface area (Å²) < 4.78 is 73.2. The Balaban J connectivity index is 1.65. The van der Waals surface area contributed by atoms with Gasteiger partial charge in [-0.15, -0.1) is 0 Å². The molecule has 0 spiro atoms. The van der Waals surface area contributed by atoms with Crippen molar-refractivity contribution in [3.8, 4) is 11.5 Å².